The number of hydrogen-bond acceptors (Lipinski definition) is 3. The molecular weight excluding hydrogens is 228 g/mol. The number of hydrogen-bond donors (Lipinski definition) is 2. The summed E-state index contributed by atoms with van der Waals surface area (Å²) in [5.41, 5.74) is 6.56. The molecule has 1 aromatic heterocycles. The number of nitrogens with zero attached hydrogens (tertiary/aromatic N) is 2. The molecule has 5 nitrogen and oxygen atoms in total. The highest BCUT2D eigenvalue weighted by molar-refractivity contribution is 5.98. The summed E-state index contributed by atoms with van der Waals surface area (Å²) in [6, 6.07) is 0. The minimum absolute atomic E-state index is 0.111. The second-order valence-electron chi connectivity index (χ2n) is 5.31. The molecule has 1 amide bonds. The van der Waals surface area contributed by atoms with Crippen molar-refractivity contribution in [3.63, 3.8) is 0 Å². The van der Waals surface area contributed by atoms with E-state index in [0.717, 1.165) is 13.0 Å². The van der Waals surface area contributed by atoms with Crippen molar-refractivity contribution in [3.05, 3.63) is 11.8 Å². The number of carbonyl (C=O) groups excluding carboxylic acids is 1. The average molecular weight is 250 g/mol. The van der Waals surface area contributed by atoms with Crippen LogP contribution in [0.3, 0.4) is 0 Å². The van der Waals surface area contributed by atoms with Crippen LogP contribution in [0.15, 0.2) is 6.20 Å². The van der Waals surface area contributed by atoms with Crippen LogP contribution in [0.2, 0.25) is 0 Å². The first-order chi connectivity index (χ1) is 8.58. The van der Waals surface area contributed by atoms with E-state index in [9.17, 15) is 4.79 Å². The lowest BCUT2D eigenvalue weighted by molar-refractivity contribution is 0.0929. The fourth-order valence-electron chi connectivity index (χ4n) is 2.77. The van der Waals surface area contributed by atoms with E-state index in [0.29, 0.717) is 16.8 Å². The van der Waals surface area contributed by atoms with Crippen LogP contribution in [0.1, 0.15) is 49.4 Å². The van der Waals surface area contributed by atoms with E-state index in [1.807, 2.05) is 0 Å². The van der Waals surface area contributed by atoms with Crippen LogP contribution in [0.4, 0.5) is 5.82 Å². The van der Waals surface area contributed by atoms with Crippen molar-refractivity contribution >= 4 is 11.7 Å². The van der Waals surface area contributed by atoms with Crippen LogP contribution >= 0.6 is 0 Å². The highest BCUT2D eigenvalue weighted by Crippen LogP contribution is 2.40. The van der Waals surface area contributed by atoms with Gasteiger partial charge in [0.15, 0.2) is 0 Å². The summed E-state index contributed by atoms with van der Waals surface area (Å²) in [6.07, 6.45) is 7.63. The van der Waals surface area contributed by atoms with Crippen molar-refractivity contribution in [1.29, 1.82) is 0 Å². The number of carbonyl (C=O) groups is 1. The summed E-state index contributed by atoms with van der Waals surface area (Å²) in [6.45, 7) is 2.95. The first-order valence-electron chi connectivity index (χ1n) is 6.64. The van der Waals surface area contributed by atoms with Crippen molar-refractivity contribution in [2.24, 2.45) is 12.5 Å². The number of rotatable bonds is 4. The molecule has 2 rings (SSSR count). The summed E-state index contributed by atoms with van der Waals surface area (Å²) in [5.74, 6) is 0.310. The Morgan fingerprint density at radius 2 is 2.22 bits per heavy atom. The van der Waals surface area contributed by atoms with Gasteiger partial charge in [-0.3, -0.25) is 9.48 Å². The number of anilines is 1. The molecule has 5 heteroatoms. The predicted molar refractivity (Wildman–Crippen MR) is 71.1 cm³/mol. The van der Waals surface area contributed by atoms with Gasteiger partial charge < -0.3 is 11.1 Å². The van der Waals surface area contributed by atoms with Gasteiger partial charge in [0.25, 0.3) is 5.91 Å². The molecule has 0 atom stereocenters. The van der Waals surface area contributed by atoms with E-state index < -0.39 is 0 Å². The fraction of sp³-hybridized carbons (Fsp3) is 0.692. The lowest BCUT2D eigenvalue weighted by Gasteiger charge is -2.27. The van der Waals surface area contributed by atoms with Crippen LogP contribution in [0, 0.1) is 5.41 Å². The maximum atomic E-state index is 12.0. The summed E-state index contributed by atoms with van der Waals surface area (Å²) in [4.78, 5) is 12.0. The second-order valence-corrected chi connectivity index (χ2v) is 5.31. The number of nitrogens with two attached hydrogens (primary N) is 1. The highest BCUT2D eigenvalue weighted by atomic mass is 16.1. The number of amides is 1. The zero-order chi connectivity index (χ0) is 13.2. The maximum Gasteiger partial charge on any atom is 0.256 e. The number of aryl methyl sites for hydroxylation is 1. The number of nitrogens with one attached hydrogen (secondary N) is 1. The normalized spacial score (nSPS) is 17.9. The summed E-state index contributed by atoms with van der Waals surface area (Å²) < 4.78 is 1.51. The summed E-state index contributed by atoms with van der Waals surface area (Å²) in [5, 5.41) is 7.00. The van der Waals surface area contributed by atoms with Gasteiger partial charge >= 0.3 is 0 Å². The first kappa shape index (κ1) is 12.9. The number of nitrogen functional groups attached to an aromatic ring is 1. The standard InChI is InChI=1S/C13H22N4O/c1-3-13(6-4-5-7-13)9-15-12(18)10-8-16-17(2)11(10)14/h8H,3-7,9,14H2,1-2H3,(H,15,18). The Hall–Kier alpha value is -1.52. The molecule has 0 spiro atoms. The van der Waals surface area contributed by atoms with Crippen LogP contribution in [-0.4, -0.2) is 22.2 Å². The Bertz CT molecular complexity index is 432. The minimum Gasteiger partial charge on any atom is -0.383 e. The van der Waals surface area contributed by atoms with Gasteiger partial charge in [-0.1, -0.05) is 19.8 Å². The minimum atomic E-state index is -0.111. The van der Waals surface area contributed by atoms with Gasteiger partial charge in [0.1, 0.15) is 11.4 Å². The average Bonchev–Trinajstić information content (AvgIpc) is 2.96. The van der Waals surface area contributed by atoms with Gasteiger partial charge in [0, 0.05) is 13.6 Å². The zero-order valence-corrected chi connectivity index (χ0v) is 11.2. The van der Waals surface area contributed by atoms with E-state index in [1.54, 1.807) is 7.05 Å². The molecule has 1 heterocycles. The SMILES string of the molecule is CCC1(CNC(=O)c2cnn(C)c2N)CCCC1. The van der Waals surface area contributed by atoms with Crippen LogP contribution < -0.4 is 11.1 Å². The molecule has 1 fully saturated rings. The number of aromatic nitrogens is 2. The second kappa shape index (κ2) is 5.00. The molecular formula is C13H22N4O. The van der Waals surface area contributed by atoms with E-state index >= 15 is 0 Å². The summed E-state index contributed by atoms with van der Waals surface area (Å²) >= 11 is 0. The maximum absolute atomic E-state index is 12.0. The Morgan fingerprint density at radius 1 is 1.56 bits per heavy atom. The van der Waals surface area contributed by atoms with Gasteiger partial charge in [-0.2, -0.15) is 5.10 Å². The van der Waals surface area contributed by atoms with Gasteiger partial charge in [-0.05, 0) is 24.7 Å². The van der Waals surface area contributed by atoms with E-state index in [1.165, 1.54) is 36.6 Å². The first-order valence-corrected chi connectivity index (χ1v) is 6.64. The monoisotopic (exact) mass is 250 g/mol. The molecule has 1 aliphatic rings. The molecule has 1 aromatic rings. The third-order valence-electron chi connectivity index (χ3n) is 4.27. The van der Waals surface area contributed by atoms with E-state index in [2.05, 4.69) is 17.3 Å². The van der Waals surface area contributed by atoms with E-state index in [4.69, 9.17) is 5.73 Å². The van der Waals surface area contributed by atoms with Crippen molar-refractivity contribution in [2.45, 2.75) is 39.0 Å². The lowest BCUT2D eigenvalue weighted by atomic mass is 9.83. The Balaban J connectivity index is 1.98. The van der Waals surface area contributed by atoms with Crippen molar-refractivity contribution in [1.82, 2.24) is 15.1 Å². The van der Waals surface area contributed by atoms with Gasteiger partial charge in [0.05, 0.1) is 6.20 Å². The zero-order valence-electron chi connectivity index (χ0n) is 11.2. The predicted octanol–water partition coefficient (Wildman–Crippen LogP) is 1.70. The molecule has 1 aliphatic carbocycles. The molecule has 1 saturated carbocycles. The van der Waals surface area contributed by atoms with Crippen LogP contribution in [-0.2, 0) is 7.05 Å². The van der Waals surface area contributed by atoms with Gasteiger partial charge in [-0.15, -0.1) is 0 Å². The molecule has 3 N–H and O–H groups in total. The molecule has 0 aliphatic heterocycles. The van der Waals surface area contributed by atoms with Crippen molar-refractivity contribution in [3.8, 4) is 0 Å². The van der Waals surface area contributed by atoms with Crippen LogP contribution in [0.5, 0.6) is 0 Å². The van der Waals surface area contributed by atoms with Gasteiger partial charge in [-0.25, -0.2) is 0 Å². The largest absolute Gasteiger partial charge is 0.383 e. The quantitative estimate of drug-likeness (QED) is 0.854. The Labute approximate surface area is 108 Å². The third kappa shape index (κ3) is 2.35. The molecule has 0 aromatic carbocycles. The van der Waals surface area contributed by atoms with Crippen molar-refractivity contribution in [2.75, 3.05) is 12.3 Å². The smallest absolute Gasteiger partial charge is 0.256 e. The van der Waals surface area contributed by atoms with Crippen LogP contribution in [0.25, 0.3) is 0 Å². The fourth-order valence-corrected chi connectivity index (χ4v) is 2.77. The molecule has 0 unspecified atom stereocenters. The molecule has 0 saturated heterocycles. The summed E-state index contributed by atoms with van der Waals surface area (Å²) in [7, 11) is 1.73. The molecule has 0 bridgehead atoms. The third-order valence-corrected chi connectivity index (χ3v) is 4.27. The molecule has 100 valence electrons. The Morgan fingerprint density at radius 3 is 2.72 bits per heavy atom. The topological polar surface area (TPSA) is 72.9 Å². The van der Waals surface area contributed by atoms with Crippen molar-refractivity contribution < 1.29 is 4.79 Å². The van der Waals surface area contributed by atoms with E-state index in [-0.39, 0.29) is 5.91 Å². The molecule has 0 radical (unpaired) electrons. The Kier molecular flexibility index (Phi) is 3.59. The van der Waals surface area contributed by atoms with Gasteiger partial charge in [0.2, 0.25) is 0 Å². The highest BCUT2D eigenvalue weighted by Gasteiger charge is 2.32. The molecule has 18 heavy (non-hydrogen) atoms. The lowest BCUT2D eigenvalue weighted by Crippen LogP contribution is -2.35.